The predicted octanol–water partition coefficient (Wildman–Crippen LogP) is 5.40. The van der Waals surface area contributed by atoms with Gasteiger partial charge < -0.3 is 9.64 Å². The van der Waals surface area contributed by atoms with Crippen molar-refractivity contribution in [2.75, 3.05) is 34.3 Å². The summed E-state index contributed by atoms with van der Waals surface area (Å²) >= 11 is 11.4. The Kier molecular flexibility index (Phi) is 8.82. The number of hydrogen-bond acceptors (Lipinski definition) is 5. The van der Waals surface area contributed by atoms with Crippen LogP contribution in [0.3, 0.4) is 0 Å². The molecule has 0 saturated carbocycles. The van der Waals surface area contributed by atoms with Crippen LogP contribution in [0.15, 0.2) is 42.5 Å². The van der Waals surface area contributed by atoms with E-state index in [0.717, 1.165) is 24.3 Å². The highest BCUT2D eigenvalue weighted by molar-refractivity contribution is 7.92. The van der Waals surface area contributed by atoms with Gasteiger partial charge in [0, 0.05) is 29.5 Å². The number of benzene rings is 2. The van der Waals surface area contributed by atoms with Crippen LogP contribution < -0.4 is 10.2 Å². The molecule has 0 fully saturated rings. The Morgan fingerprint density at radius 3 is 2.30 bits per heavy atom. The zero-order valence-corrected chi connectivity index (χ0v) is 19.5. The number of nitrogens with zero attached hydrogens (tertiary/aromatic N) is 1. The van der Waals surface area contributed by atoms with Crippen molar-refractivity contribution in [3.63, 3.8) is 0 Å². The van der Waals surface area contributed by atoms with Crippen molar-refractivity contribution in [1.82, 2.24) is 0 Å². The minimum atomic E-state index is -3.60. The van der Waals surface area contributed by atoms with E-state index < -0.39 is 33.0 Å². The standard InChI is InChI=1S/C21H26Cl2N2O4S/c1-4-25(5-2)18-10-11-19(15(3)12-18)24-21(26)29-20(13-30(27,28)14-22)16-6-8-17(23)9-7-16/h6-12,20H,4-5,13-14H2,1-3H3,(H,24,26). The topological polar surface area (TPSA) is 75.7 Å². The van der Waals surface area contributed by atoms with Crippen LogP contribution in [0, 0.1) is 6.92 Å². The van der Waals surface area contributed by atoms with Gasteiger partial charge in [0.15, 0.2) is 9.84 Å². The van der Waals surface area contributed by atoms with Gasteiger partial charge in [0.2, 0.25) is 0 Å². The molecule has 1 N–H and O–H groups in total. The number of anilines is 2. The molecule has 1 unspecified atom stereocenters. The van der Waals surface area contributed by atoms with Crippen molar-refractivity contribution in [1.29, 1.82) is 0 Å². The zero-order valence-electron chi connectivity index (χ0n) is 17.2. The molecule has 6 nitrogen and oxygen atoms in total. The lowest BCUT2D eigenvalue weighted by Gasteiger charge is -2.22. The summed E-state index contributed by atoms with van der Waals surface area (Å²) in [6, 6.07) is 12.2. The Labute approximate surface area is 188 Å². The maximum atomic E-state index is 12.5. The van der Waals surface area contributed by atoms with Crippen molar-refractivity contribution < 1.29 is 17.9 Å². The first-order valence-corrected chi connectivity index (χ1v) is 12.3. The van der Waals surface area contributed by atoms with Gasteiger partial charge in [-0.25, -0.2) is 13.2 Å². The van der Waals surface area contributed by atoms with Gasteiger partial charge in [-0.05, 0) is 62.2 Å². The summed E-state index contributed by atoms with van der Waals surface area (Å²) in [4.78, 5) is 14.7. The van der Waals surface area contributed by atoms with E-state index in [-0.39, 0.29) is 0 Å². The van der Waals surface area contributed by atoms with Gasteiger partial charge in [0.25, 0.3) is 0 Å². The molecule has 2 rings (SSSR count). The largest absolute Gasteiger partial charge is 0.440 e. The molecule has 2 aromatic rings. The summed E-state index contributed by atoms with van der Waals surface area (Å²) in [6.45, 7) is 7.80. The van der Waals surface area contributed by atoms with E-state index in [1.807, 2.05) is 19.1 Å². The summed E-state index contributed by atoms with van der Waals surface area (Å²) in [5, 5.41) is 2.62. The number of sulfone groups is 1. The van der Waals surface area contributed by atoms with E-state index >= 15 is 0 Å². The van der Waals surface area contributed by atoms with Gasteiger partial charge in [-0.3, -0.25) is 5.32 Å². The van der Waals surface area contributed by atoms with Crippen LogP contribution in [-0.2, 0) is 14.6 Å². The molecular weight excluding hydrogens is 447 g/mol. The third kappa shape index (κ3) is 6.79. The van der Waals surface area contributed by atoms with Gasteiger partial charge in [0.1, 0.15) is 11.3 Å². The summed E-state index contributed by atoms with van der Waals surface area (Å²) in [5.41, 5.74) is 3.03. The first-order chi connectivity index (χ1) is 14.2. The van der Waals surface area contributed by atoms with E-state index in [1.54, 1.807) is 30.3 Å². The lowest BCUT2D eigenvalue weighted by atomic mass is 10.1. The summed E-state index contributed by atoms with van der Waals surface area (Å²) < 4.78 is 29.5. The van der Waals surface area contributed by atoms with Crippen molar-refractivity contribution in [3.8, 4) is 0 Å². The van der Waals surface area contributed by atoms with Gasteiger partial charge in [-0.15, -0.1) is 11.6 Å². The molecule has 0 aliphatic rings. The Morgan fingerprint density at radius 2 is 1.77 bits per heavy atom. The highest BCUT2D eigenvalue weighted by Gasteiger charge is 2.24. The number of aryl methyl sites for hydroxylation is 1. The summed E-state index contributed by atoms with van der Waals surface area (Å²) in [5.74, 6) is -0.425. The SMILES string of the molecule is CCN(CC)c1ccc(NC(=O)OC(CS(=O)(=O)CCl)c2ccc(Cl)cc2)c(C)c1. The molecule has 30 heavy (non-hydrogen) atoms. The van der Waals surface area contributed by atoms with Crippen molar-refractivity contribution in [3.05, 3.63) is 58.6 Å². The molecule has 0 saturated heterocycles. The van der Waals surface area contributed by atoms with Crippen molar-refractivity contribution >= 4 is 50.5 Å². The fourth-order valence-electron chi connectivity index (χ4n) is 2.99. The Balaban J connectivity index is 2.18. The number of rotatable bonds is 9. The molecule has 1 atom stereocenters. The average molecular weight is 473 g/mol. The lowest BCUT2D eigenvalue weighted by molar-refractivity contribution is 0.122. The average Bonchev–Trinajstić information content (AvgIpc) is 2.71. The molecule has 0 radical (unpaired) electrons. The van der Waals surface area contributed by atoms with Crippen LogP contribution in [0.25, 0.3) is 0 Å². The van der Waals surface area contributed by atoms with Crippen molar-refractivity contribution in [2.24, 2.45) is 0 Å². The lowest BCUT2D eigenvalue weighted by Crippen LogP contribution is -2.24. The normalized spacial score (nSPS) is 12.3. The molecule has 0 bridgehead atoms. The molecule has 0 aliphatic heterocycles. The Bertz CT molecular complexity index is 961. The zero-order chi connectivity index (χ0) is 22.3. The fourth-order valence-corrected chi connectivity index (χ4v) is 4.20. The van der Waals surface area contributed by atoms with Crippen LogP contribution >= 0.6 is 23.2 Å². The highest BCUT2D eigenvalue weighted by Crippen LogP contribution is 2.25. The molecule has 1 amide bonds. The number of ether oxygens (including phenoxy) is 1. The maximum absolute atomic E-state index is 12.5. The number of carbonyl (C=O) groups is 1. The second-order valence-electron chi connectivity index (χ2n) is 6.76. The van der Waals surface area contributed by atoms with Crippen LogP contribution in [0.2, 0.25) is 5.02 Å². The second-order valence-corrected chi connectivity index (χ2v) is 9.89. The molecular formula is C21H26Cl2N2O4S. The molecule has 0 aliphatic carbocycles. The number of halogens is 2. The van der Waals surface area contributed by atoms with Crippen LogP contribution in [0.5, 0.6) is 0 Å². The highest BCUT2D eigenvalue weighted by atomic mass is 35.5. The molecule has 9 heteroatoms. The van der Waals surface area contributed by atoms with E-state index in [2.05, 4.69) is 24.1 Å². The fraction of sp³-hybridized carbons (Fsp3) is 0.381. The van der Waals surface area contributed by atoms with Crippen LogP contribution in [0.4, 0.5) is 16.2 Å². The molecule has 2 aromatic carbocycles. The first kappa shape index (κ1) is 24.3. The predicted molar refractivity (Wildman–Crippen MR) is 124 cm³/mol. The van der Waals surface area contributed by atoms with E-state index in [9.17, 15) is 13.2 Å². The molecule has 0 spiro atoms. The molecule has 0 aromatic heterocycles. The number of nitrogens with one attached hydrogen (secondary N) is 1. The maximum Gasteiger partial charge on any atom is 0.412 e. The van der Waals surface area contributed by atoms with Gasteiger partial charge >= 0.3 is 6.09 Å². The smallest absolute Gasteiger partial charge is 0.412 e. The second kappa shape index (κ2) is 10.9. The van der Waals surface area contributed by atoms with Gasteiger partial charge in [0.05, 0.1) is 5.75 Å². The monoisotopic (exact) mass is 472 g/mol. The third-order valence-corrected chi connectivity index (χ3v) is 7.03. The number of hydrogen-bond donors (Lipinski definition) is 1. The number of amides is 1. The number of alkyl halides is 1. The summed E-state index contributed by atoms with van der Waals surface area (Å²) in [6.07, 6.45) is -1.76. The van der Waals surface area contributed by atoms with E-state index in [0.29, 0.717) is 16.3 Å². The van der Waals surface area contributed by atoms with Crippen LogP contribution in [0.1, 0.15) is 31.1 Å². The van der Waals surface area contributed by atoms with Crippen LogP contribution in [-0.4, -0.2) is 38.6 Å². The Hall–Kier alpha value is -1.96. The van der Waals surface area contributed by atoms with E-state index in [1.165, 1.54) is 0 Å². The first-order valence-electron chi connectivity index (χ1n) is 9.54. The minimum absolute atomic E-state index is 0.425. The number of carbonyl (C=O) groups excluding carboxylic acids is 1. The Morgan fingerprint density at radius 1 is 1.13 bits per heavy atom. The minimum Gasteiger partial charge on any atom is -0.440 e. The third-order valence-electron chi connectivity index (χ3n) is 4.64. The van der Waals surface area contributed by atoms with E-state index in [4.69, 9.17) is 27.9 Å². The molecule has 164 valence electrons. The van der Waals surface area contributed by atoms with Gasteiger partial charge in [-0.1, -0.05) is 23.7 Å². The van der Waals surface area contributed by atoms with Gasteiger partial charge in [-0.2, -0.15) is 0 Å². The quantitative estimate of drug-likeness (QED) is 0.494. The molecule has 0 heterocycles. The van der Waals surface area contributed by atoms with Crippen molar-refractivity contribution in [2.45, 2.75) is 26.9 Å². The summed E-state index contributed by atoms with van der Waals surface area (Å²) in [7, 11) is -3.60.